The van der Waals surface area contributed by atoms with Crippen LogP contribution in [0.1, 0.15) is 0 Å². The minimum Gasteiger partial charge on any atom is -0.399 e. The summed E-state index contributed by atoms with van der Waals surface area (Å²) in [5, 5.41) is 15.8. The van der Waals surface area contributed by atoms with Gasteiger partial charge < -0.3 is 16.4 Å². The van der Waals surface area contributed by atoms with Crippen LogP contribution in [0, 0.1) is 10.1 Å². The van der Waals surface area contributed by atoms with E-state index in [4.69, 9.17) is 5.73 Å². The van der Waals surface area contributed by atoms with Gasteiger partial charge in [0.2, 0.25) is 11.8 Å². The van der Waals surface area contributed by atoms with Crippen LogP contribution in [0.4, 0.5) is 22.7 Å². The van der Waals surface area contributed by atoms with Crippen LogP contribution < -0.4 is 16.4 Å². The zero-order valence-corrected chi connectivity index (χ0v) is 15.0. The summed E-state index contributed by atoms with van der Waals surface area (Å²) < 4.78 is 0. The van der Waals surface area contributed by atoms with Gasteiger partial charge in [0.15, 0.2) is 0 Å². The Morgan fingerprint density at radius 2 is 1.46 bits per heavy atom. The van der Waals surface area contributed by atoms with Crippen LogP contribution in [0.2, 0.25) is 0 Å². The van der Waals surface area contributed by atoms with Crippen LogP contribution in [0.15, 0.2) is 46.2 Å². The van der Waals surface area contributed by atoms with Crippen molar-refractivity contribution in [1.82, 2.24) is 0 Å². The number of anilines is 3. The molecule has 0 saturated carbocycles. The highest BCUT2D eigenvalue weighted by Gasteiger charge is 2.18. The number of hydrogen-bond donors (Lipinski definition) is 3. The van der Waals surface area contributed by atoms with Gasteiger partial charge in [-0.15, -0.1) is 23.5 Å². The zero-order valence-electron chi connectivity index (χ0n) is 13.4. The maximum absolute atomic E-state index is 11.0. The SMILES string of the molecule is Nc1ccc2c(c1)NC(=O)CS2.O=C1CSc2ccc([N+](=O)[O-])cc2N1. The molecule has 0 bridgehead atoms. The number of benzene rings is 2. The summed E-state index contributed by atoms with van der Waals surface area (Å²) in [6.45, 7) is 0. The van der Waals surface area contributed by atoms with E-state index in [0.717, 1.165) is 15.5 Å². The molecule has 0 unspecified atom stereocenters. The molecule has 0 saturated heterocycles. The molecule has 134 valence electrons. The lowest BCUT2D eigenvalue weighted by Crippen LogP contribution is -2.18. The number of nitro benzene ring substituents is 1. The van der Waals surface area contributed by atoms with Crippen LogP contribution in [0.5, 0.6) is 0 Å². The van der Waals surface area contributed by atoms with Crippen molar-refractivity contribution in [2.75, 3.05) is 27.9 Å². The number of rotatable bonds is 1. The van der Waals surface area contributed by atoms with Crippen molar-refractivity contribution in [3.8, 4) is 0 Å². The Morgan fingerprint density at radius 3 is 2.04 bits per heavy atom. The highest BCUT2D eigenvalue weighted by molar-refractivity contribution is 8.00. The minimum absolute atomic E-state index is 0.00782. The average molecular weight is 390 g/mol. The zero-order chi connectivity index (χ0) is 18.7. The number of nitrogens with two attached hydrogens (primary N) is 1. The number of nitrogens with one attached hydrogen (secondary N) is 2. The Bertz CT molecular complexity index is 904. The summed E-state index contributed by atoms with van der Waals surface area (Å²) in [4.78, 5) is 33.9. The third-order valence-corrected chi connectivity index (χ3v) is 5.59. The maximum Gasteiger partial charge on any atom is 0.271 e. The smallest absolute Gasteiger partial charge is 0.271 e. The van der Waals surface area contributed by atoms with Gasteiger partial charge in [-0.25, -0.2) is 0 Å². The summed E-state index contributed by atoms with van der Waals surface area (Å²) >= 11 is 2.92. The lowest BCUT2D eigenvalue weighted by atomic mass is 10.2. The first-order valence-electron chi connectivity index (χ1n) is 7.45. The fourth-order valence-corrected chi connectivity index (χ4v) is 3.86. The van der Waals surface area contributed by atoms with E-state index in [1.54, 1.807) is 12.1 Å². The number of hydrogen-bond acceptors (Lipinski definition) is 7. The molecule has 2 aliphatic rings. The molecule has 2 aliphatic heterocycles. The van der Waals surface area contributed by atoms with Gasteiger partial charge in [-0.3, -0.25) is 19.7 Å². The molecule has 2 aromatic carbocycles. The van der Waals surface area contributed by atoms with E-state index in [1.165, 1.54) is 35.7 Å². The first kappa shape index (κ1) is 18.1. The van der Waals surface area contributed by atoms with Gasteiger partial charge in [0.1, 0.15) is 0 Å². The number of nitro groups is 1. The Labute approximate surface area is 157 Å². The minimum atomic E-state index is -0.480. The van der Waals surface area contributed by atoms with E-state index >= 15 is 0 Å². The molecule has 2 aromatic rings. The van der Waals surface area contributed by atoms with E-state index in [0.29, 0.717) is 22.9 Å². The Balaban J connectivity index is 0.000000152. The Hall–Kier alpha value is -2.72. The normalized spacial score (nSPS) is 14.8. The van der Waals surface area contributed by atoms with Crippen molar-refractivity contribution in [1.29, 1.82) is 0 Å². The lowest BCUT2D eigenvalue weighted by molar-refractivity contribution is -0.384. The van der Waals surface area contributed by atoms with Crippen LogP contribution >= 0.6 is 23.5 Å². The number of carbonyl (C=O) groups is 2. The van der Waals surface area contributed by atoms with E-state index < -0.39 is 4.92 Å². The average Bonchev–Trinajstić information content (AvgIpc) is 2.61. The molecule has 0 aliphatic carbocycles. The molecule has 4 rings (SSSR count). The molecule has 0 atom stereocenters. The summed E-state index contributed by atoms with van der Waals surface area (Å²) in [6.07, 6.45) is 0. The van der Waals surface area contributed by atoms with Crippen molar-refractivity contribution in [2.45, 2.75) is 9.79 Å². The van der Waals surface area contributed by atoms with Gasteiger partial charge >= 0.3 is 0 Å². The van der Waals surface area contributed by atoms with Crippen LogP contribution in [-0.2, 0) is 9.59 Å². The molecule has 2 heterocycles. The van der Waals surface area contributed by atoms with Crippen molar-refractivity contribution < 1.29 is 14.5 Å². The summed E-state index contributed by atoms with van der Waals surface area (Å²) in [5.74, 6) is 0.781. The number of thioether (sulfide) groups is 2. The fourth-order valence-electron chi connectivity index (χ4n) is 2.29. The maximum atomic E-state index is 11.0. The number of nitrogens with zero attached hydrogens (tertiary/aromatic N) is 1. The molecule has 8 nitrogen and oxygen atoms in total. The second-order valence-electron chi connectivity index (χ2n) is 5.37. The van der Waals surface area contributed by atoms with Crippen molar-refractivity contribution in [3.05, 3.63) is 46.5 Å². The van der Waals surface area contributed by atoms with Crippen LogP contribution in [0.25, 0.3) is 0 Å². The van der Waals surface area contributed by atoms with Crippen LogP contribution in [0.3, 0.4) is 0 Å². The van der Waals surface area contributed by atoms with E-state index in [9.17, 15) is 19.7 Å². The van der Waals surface area contributed by atoms with E-state index in [2.05, 4.69) is 10.6 Å². The van der Waals surface area contributed by atoms with Gasteiger partial charge in [0.25, 0.3) is 5.69 Å². The van der Waals surface area contributed by atoms with Gasteiger partial charge in [-0.2, -0.15) is 0 Å². The lowest BCUT2D eigenvalue weighted by Gasteiger charge is -2.15. The fraction of sp³-hybridized carbons (Fsp3) is 0.125. The Morgan fingerprint density at radius 1 is 0.923 bits per heavy atom. The Kier molecular flexibility index (Phi) is 5.33. The number of nitrogen functional groups attached to an aromatic ring is 1. The molecular formula is C16H14N4O4S2. The topological polar surface area (TPSA) is 127 Å². The molecule has 26 heavy (non-hydrogen) atoms. The number of fused-ring (bicyclic) bond motifs is 2. The van der Waals surface area contributed by atoms with Gasteiger partial charge in [-0.05, 0) is 24.3 Å². The summed E-state index contributed by atoms with van der Waals surface area (Å²) in [5.41, 5.74) is 7.59. The van der Waals surface area contributed by atoms with E-state index in [-0.39, 0.29) is 17.5 Å². The first-order chi connectivity index (χ1) is 12.4. The van der Waals surface area contributed by atoms with Gasteiger partial charge in [-0.1, -0.05) is 0 Å². The third kappa shape index (κ3) is 4.27. The molecule has 2 amide bonds. The second kappa shape index (κ2) is 7.67. The predicted molar refractivity (Wildman–Crippen MR) is 103 cm³/mol. The quantitative estimate of drug-likeness (QED) is 0.388. The van der Waals surface area contributed by atoms with Gasteiger partial charge in [0.05, 0.1) is 27.8 Å². The number of non-ortho nitro benzene ring substituents is 1. The highest BCUT2D eigenvalue weighted by atomic mass is 32.2. The van der Waals surface area contributed by atoms with Crippen molar-refractivity contribution in [2.24, 2.45) is 0 Å². The predicted octanol–water partition coefficient (Wildman–Crippen LogP) is 2.95. The molecule has 0 radical (unpaired) electrons. The third-order valence-electron chi connectivity index (χ3n) is 3.44. The highest BCUT2D eigenvalue weighted by Crippen LogP contribution is 2.34. The van der Waals surface area contributed by atoms with Gasteiger partial charge in [0, 0.05) is 27.6 Å². The second-order valence-corrected chi connectivity index (χ2v) is 7.40. The molecule has 0 spiro atoms. The summed E-state index contributed by atoms with van der Waals surface area (Å²) in [7, 11) is 0. The monoisotopic (exact) mass is 390 g/mol. The molecular weight excluding hydrogens is 376 g/mol. The largest absolute Gasteiger partial charge is 0.399 e. The molecule has 0 fully saturated rings. The van der Waals surface area contributed by atoms with E-state index in [1.807, 2.05) is 12.1 Å². The molecule has 10 heteroatoms. The van der Waals surface area contributed by atoms with Crippen LogP contribution in [-0.4, -0.2) is 28.2 Å². The number of amides is 2. The molecule has 4 N–H and O–H groups in total. The van der Waals surface area contributed by atoms with Crippen molar-refractivity contribution >= 4 is 58.1 Å². The summed E-state index contributed by atoms with van der Waals surface area (Å²) in [6, 6.07) is 10.00. The van der Waals surface area contributed by atoms with Crippen molar-refractivity contribution in [3.63, 3.8) is 0 Å². The molecule has 0 aromatic heterocycles. The number of carbonyl (C=O) groups excluding carboxylic acids is 2. The standard InChI is InChI=1S/C8H6N2O3S.C8H8N2OS/c11-8-4-14-7-2-1-5(10(12)13)3-6(7)9-8;9-5-1-2-7-6(3-5)10-8(11)4-12-7/h1-3H,4H2,(H,9,11);1-3H,4,9H2,(H,10,11). The first-order valence-corrected chi connectivity index (χ1v) is 9.43.